The zero-order chi connectivity index (χ0) is 14.0. The first kappa shape index (κ1) is 14.0. The Morgan fingerprint density at radius 3 is 2.79 bits per heavy atom. The summed E-state index contributed by atoms with van der Waals surface area (Å²) >= 11 is 1.29. The Morgan fingerprint density at radius 2 is 2.26 bits per heavy atom. The maximum atomic E-state index is 11.8. The maximum absolute atomic E-state index is 11.8. The van der Waals surface area contributed by atoms with Crippen LogP contribution in [0.3, 0.4) is 0 Å². The molecule has 0 N–H and O–H groups in total. The summed E-state index contributed by atoms with van der Waals surface area (Å²) in [5.74, 6) is -0.0304. The highest BCUT2D eigenvalue weighted by Gasteiger charge is 2.27. The van der Waals surface area contributed by atoms with Gasteiger partial charge in [0.2, 0.25) is 0 Å². The summed E-state index contributed by atoms with van der Waals surface area (Å²) in [6, 6.07) is 0. The smallest absolute Gasteiger partial charge is 0.358 e. The third-order valence-electron chi connectivity index (χ3n) is 3.10. The molecule has 1 aliphatic heterocycles. The van der Waals surface area contributed by atoms with E-state index in [2.05, 4.69) is 16.8 Å². The van der Waals surface area contributed by atoms with Gasteiger partial charge in [0.15, 0.2) is 16.6 Å². The highest BCUT2D eigenvalue weighted by Crippen LogP contribution is 2.31. The number of hydrogen-bond acceptors (Lipinski definition) is 6. The van der Waals surface area contributed by atoms with Gasteiger partial charge in [-0.05, 0) is 19.3 Å². The van der Waals surface area contributed by atoms with Crippen LogP contribution in [0.4, 0.5) is 5.13 Å². The zero-order valence-electron chi connectivity index (χ0n) is 11.4. The molecule has 1 atom stereocenters. The topological polar surface area (TPSA) is 59.5 Å². The van der Waals surface area contributed by atoms with E-state index in [9.17, 15) is 9.59 Å². The van der Waals surface area contributed by atoms with Gasteiger partial charge in [-0.1, -0.05) is 18.3 Å². The van der Waals surface area contributed by atoms with Crippen LogP contribution in [0.1, 0.15) is 47.4 Å². The minimum Gasteiger partial charge on any atom is -0.461 e. The lowest BCUT2D eigenvalue weighted by Crippen LogP contribution is -2.19. The highest BCUT2D eigenvalue weighted by molar-refractivity contribution is 7.17. The fraction of sp³-hybridized carbons (Fsp3) is 0.615. The van der Waals surface area contributed by atoms with E-state index in [0.29, 0.717) is 10.8 Å². The number of ketones is 1. The Labute approximate surface area is 116 Å². The molecule has 1 unspecified atom stereocenters. The molecule has 1 fully saturated rings. The largest absolute Gasteiger partial charge is 0.461 e. The van der Waals surface area contributed by atoms with Gasteiger partial charge in [-0.25, -0.2) is 9.78 Å². The first-order chi connectivity index (χ1) is 9.02. The molecule has 5 nitrogen and oxygen atoms in total. The molecule has 0 radical (unpaired) electrons. The predicted molar refractivity (Wildman–Crippen MR) is 74.1 cm³/mol. The summed E-state index contributed by atoms with van der Waals surface area (Å²) in [5, 5.41) is 0.748. The van der Waals surface area contributed by atoms with Gasteiger partial charge in [-0.15, -0.1) is 0 Å². The van der Waals surface area contributed by atoms with E-state index in [1.165, 1.54) is 18.3 Å². The molecule has 0 aliphatic carbocycles. The van der Waals surface area contributed by atoms with Crippen molar-refractivity contribution in [2.75, 3.05) is 24.6 Å². The van der Waals surface area contributed by atoms with Crippen molar-refractivity contribution in [2.24, 2.45) is 5.92 Å². The van der Waals surface area contributed by atoms with Crippen LogP contribution >= 0.6 is 11.3 Å². The number of carbonyl (C=O) groups is 2. The number of aromatic nitrogens is 1. The number of nitrogens with zero attached hydrogens (tertiary/aromatic N) is 2. The van der Waals surface area contributed by atoms with Gasteiger partial charge in [0.25, 0.3) is 0 Å². The molecule has 0 bridgehead atoms. The van der Waals surface area contributed by atoms with E-state index >= 15 is 0 Å². The van der Waals surface area contributed by atoms with Crippen LogP contribution in [-0.2, 0) is 4.74 Å². The SMILES string of the molecule is CCOC(=O)c1nc(N2CCC(C)C2)sc1C(C)=O. The highest BCUT2D eigenvalue weighted by atomic mass is 32.1. The van der Waals surface area contributed by atoms with Crippen molar-refractivity contribution >= 4 is 28.2 Å². The van der Waals surface area contributed by atoms with Crippen LogP contribution in [0, 0.1) is 5.92 Å². The van der Waals surface area contributed by atoms with E-state index in [1.807, 2.05) is 0 Å². The molecule has 19 heavy (non-hydrogen) atoms. The van der Waals surface area contributed by atoms with Gasteiger partial charge in [0.05, 0.1) is 6.61 Å². The minimum atomic E-state index is -0.512. The molecular weight excluding hydrogens is 264 g/mol. The third-order valence-corrected chi connectivity index (χ3v) is 4.32. The lowest BCUT2D eigenvalue weighted by Gasteiger charge is -2.13. The standard InChI is InChI=1S/C13H18N2O3S/c1-4-18-12(17)10-11(9(3)16)19-13(14-10)15-6-5-8(2)7-15/h8H,4-7H2,1-3H3. The molecule has 0 aromatic carbocycles. The molecule has 0 amide bonds. The molecule has 104 valence electrons. The molecule has 1 aromatic heterocycles. The first-order valence-electron chi connectivity index (χ1n) is 6.46. The number of carbonyl (C=O) groups excluding carboxylic acids is 2. The number of esters is 1. The molecule has 6 heteroatoms. The Balaban J connectivity index is 2.29. The predicted octanol–water partition coefficient (Wildman–Crippen LogP) is 2.37. The van der Waals surface area contributed by atoms with Crippen molar-refractivity contribution in [1.29, 1.82) is 0 Å². The number of anilines is 1. The van der Waals surface area contributed by atoms with Crippen molar-refractivity contribution in [3.8, 4) is 0 Å². The lowest BCUT2D eigenvalue weighted by molar-refractivity contribution is 0.0517. The number of ether oxygens (including phenoxy) is 1. The fourth-order valence-electron chi connectivity index (χ4n) is 2.13. The van der Waals surface area contributed by atoms with Crippen molar-refractivity contribution in [3.63, 3.8) is 0 Å². The van der Waals surface area contributed by atoms with Gasteiger partial charge < -0.3 is 9.64 Å². The van der Waals surface area contributed by atoms with E-state index in [0.717, 1.165) is 24.6 Å². The fourth-order valence-corrected chi connectivity index (χ4v) is 3.11. The Hall–Kier alpha value is -1.43. The van der Waals surface area contributed by atoms with Gasteiger partial charge in [0, 0.05) is 20.0 Å². The van der Waals surface area contributed by atoms with E-state index in [1.54, 1.807) is 6.92 Å². The normalized spacial score (nSPS) is 18.7. The van der Waals surface area contributed by atoms with Crippen LogP contribution in [-0.4, -0.2) is 36.4 Å². The quantitative estimate of drug-likeness (QED) is 0.627. The molecule has 0 spiro atoms. The van der Waals surface area contributed by atoms with Crippen molar-refractivity contribution in [1.82, 2.24) is 4.98 Å². The molecule has 1 aromatic rings. The van der Waals surface area contributed by atoms with Gasteiger partial charge in [0.1, 0.15) is 4.88 Å². The first-order valence-corrected chi connectivity index (χ1v) is 7.28. The van der Waals surface area contributed by atoms with E-state index in [4.69, 9.17) is 4.74 Å². The zero-order valence-corrected chi connectivity index (χ0v) is 12.2. The molecular formula is C13H18N2O3S. The van der Waals surface area contributed by atoms with E-state index in [-0.39, 0.29) is 18.1 Å². The number of thiazole rings is 1. The van der Waals surface area contributed by atoms with E-state index < -0.39 is 5.97 Å². The summed E-state index contributed by atoms with van der Waals surface area (Å²) in [6.45, 7) is 7.50. The summed E-state index contributed by atoms with van der Waals surface area (Å²) < 4.78 is 4.95. The van der Waals surface area contributed by atoms with Gasteiger partial charge in [-0.3, -0.25) is 4.79 Å². The van der Waals surface area contributed by atoms with Crippen LogP contribution in [0.2, 0.25) is 0 Å². The molecule has 2 heterocycles. The summed E-state index contributed by atoms with van der Waals surface area (Å²) in [6.07, 6.45) is 1.11. The van der Waals surface area contributed by atoms with Crippen molar-refractivity contribution < 1.29 is 14.3 Å². The third kappa shape index (κ3) is 2.94. The monoisotopic (exact) mass is 282 g/mol. The summed E-state index contributed by atoms with van der Waals surface area (Å²) in [7, 11) is 0. The average Bonchev–Trinajstić information content (AvgIpc) is 2.94. The molecule has 1 saturated heterocycles. The second-order valence-corrected chi connectivity index (χ2v) is 5.77. The van der Waals surface area contributed by atoms with Crippen LogP contribution < -0.4 is 4.90 Å². The Kier molecular flexibility index (Phi) is 4.19. The maximum Gasteiger partial charge on any atom is 0.358 e. The second-order valence-electron chi connectivity index (χ2n) is 4.79. The molecule has 1 aliphatic rings. The van der Waals surface area contributed by atoms with Crippen molar-refractivity contribution in [3.05, 3.63) is 10.6 Å². The Bertz CT molecular complexity index is 498. The minimum absolute atomic E-state index is 0.140. The molecule has 0 saturated carbocycles. The Morgan fingerprint density at radius 1 is 1.53 bits per heavy atom. The van der Waals surface area contributed by atoms with Gasteiger partial charge >= 0.3 is 5.97 Å². The number of hydrogen-bond donors (Lipinski definition) is 0. The molecule has 2 rings (SSSR count). The lowest BCUT2D eigenvalue weighted by atomic mass is 10.2. The van der Waals surface area contributed by atoms with Crippen LogP contribution in [0.25, 0.3) is 0 Å². The second kappa shape index (κ2) is 5.69. The van der Waals surface area contributed by atoms with Crippen LogP contribution in [0.5, 0.6) is 0 Å². The van der Waals surface area contributed by atoms with Crippen molar-refractivity contribution in [2.45, 2.75) is 27.2 Å². The number of rotatable bonds is 4. The summed E-state index contributed by atoms with van der Waals surface area (Å²) in [4.78, 5) is 30.3. The summed E-state index contributed by atoms with van der Waals surface area (Å²) in [5.41, 5.74) is 0.161. The number of Topliss-reactive ketones (excluding diaryl/α,β-unsaturated/α-hetero) is 1. The average molecular weight is 282 g/mol. The van der Waals surface area contributed by atoms with Gasteiger partial charge in [-0.2, -0.15) is 0 Å². The van der Waals surface area contributed by atoms with Crippen LogP contribution in [0.15, 0.2) is 0 Å².